The summed E-state index contributed by atoms with van der Waals surface area (Å²) in [7, 11) is 0. The Morgan fingerprint density at radius 2 is 2.86 bits per heavy atom. The van der Waals surface area contributed by atoms with E-state index < -0.39 is 0 Å². The van der Waals surface area contributed by atoms with Crippen molar-refractivity contribution in [1.82, 2.24) is 15.4 Å². The molecule has 0 aliphatic carbocycles. The van der Waals surface area contributed by atoms with Crippen LogP contribution in [0.5, 0.6) is 0 Å². The average Bonchev–Trinajstić information content (AvgIpc) is 2.14. The highest BCUT2D eigenvalue weighted by molar-refractivity contribution is 4.87. The summed E-state index contributed by atoms with van der Waals surface area (Å²) in [6.07, 6.45) is 2.68. The Balaban J connectivity index is 0.000000490. The molecular formula is C4H9N3. The number of aryl methyl sites for hydroxylation is 1. The zero-order valence-electron chi connectivity index (χ0n) is 4.18. The lowest BCUT2D eigenvalue weighted by molar-refractivity contribution is 0.908. The number of rotatable bonds is 1. The summed E-state index contributed by atoms with van der Waals surface area (Å²) in [5.41, 5.74) is 1.01. The molecule has 0 saturated carbocycles. The summed E-state index contributed by atoms with van der Waals surface area (Å²) >= 11 is 0. The molecule has 0 radical (unpaired) electrons. The first kappa shape index (κ1) is 4.30. The molecule has 0 bridgehead atoms. The molecule has 1 N–H and O–H groups in total. The normalized spacial score (nSPS) is 9.29. The van der Waals surface area contributed by atoms with Crippen LogP contribution in [-0.2, 0) is 6.42 Å². The molecule has 0 aromatic carbocycles. The molecule has 1 heterocycles. The molecule has 0 saturated heterocycles. The molecule has 0 aliphatic rings. The highest BCUT2D eigenvalue weighted by Gasteiger charge is 1.85. The summed E-state index contributed by atoms with van der Waals surface area (Å²) in [5.74, 6) is 0. The fraction of sp³-hybridized carbons (Fsp3) is 0.500. The number of hydrogen-bond acceptors (Lipinski definition) is 2. The smallest absolute Gasteiger partial charge is 0.0821 e. The molecule has 0 unspecified atom stereocenters. The third-order valence-corrected chi connectivity index (χ3v) is 0.827. The van der Waals surface area contributed by atoms with Gasteiger partial charge in [0, 0.05) is 1.43 Å². The van der Waals surface area contributed by atoms with Gasteiger partial charge < -0.3 is 0 Å². The Kier molecular flexibility index (Phi) is 1.06. The zero-order chi connectivity index (χ0) is 5.11. The van der Waals surface area contributed by atoms with Crippen molar-refractivity contribution < 1.29 is 1.43 Å². The number of hydrogen-bond donors (Lipinski definition) is 1. The molecule has 0 atom stereocenters. The Morgan fingerprint density at radius 1 is 2.00 bits per heavy atom. The average molecular weight is 99.1 g/mol. The number of aromatic amines is 1. The van der Waals surface area contributed by atoms with E-state index in [-0.39, 0.29) is 1.43 Å². The Morgan fingerprint density at radius 3 is 3.14 bits per heavy atom. The number of aromatic nitrogens is 3. The second kappa shape index (κ2) is 1.73. The molecule has 0 amide bonds. The van der Waals surface area contributed by atoms with Gasteiger partial charge >= 0.3 is 0 Å². The van der Waals surface area contributed by atoms with Gasteiger partial charge in [0.25, 0.3) is 0 Å². The summed E-state index contributed by atoms with van der Waals surface area (Å²) in [4.78, 5) is 0. The van der Waals surface area contributed by atoms with Crippen molar-refractivity contribution in [2.75, 3.05) is 0 Å². The van der Waals surface area contributed by atoms with Gasteiger partial charge in [-0.3, -0.25) is 0 Å². The standard InChI is InChI=1S/C4H7N3.H2/c1-2-4-3-5-7-6-4;/h3H,2H2,1H3,(H,5,6,7);1H. The number of nitrogens with zero attached hydrogens (tertiary/aromatic N) is 2. The molecule has 1 rings (SSSR count). The van der Waals surface area contributed by atoms with Crippen LogP contribution in [0.2, 0.25) is 0 Å². The molecule has 7 heavy (non-hydrogen) atoms. The van der Waals surface area contributed by atoms with Gasteiger partial charge in [-0.15, -0.1) is 0 Å². The SMILES string of the molecule is CCc1cn[nH]n1.[HH]. The summed E-state index contributed by atoms with van der Waals surface area (Å²) < 4.78 is 0. The van der Waals surface area contributed by atoms with Crippen LogP contribution in [-0.4, -0.2) is 15.4 Å². The Hall–Kier alpha value is -0.860. The van der Waals surface area contributed by atoms with Crippen LogP contribution in [0.15, 0.2) is 6.20 Å². The first-order valence-electron chi connectivity index (χ1n) is 2.28. The van der Waals surface area contributed by atoms with Crippen LogP contribution in [0.4, 0.5) is 0 Å². The molecule has 40 valence electrons. The topological polar surface area (TPSA) is 41.6 Å². The van der Waals surface area contributed by atoms with Gasteiger partial charge in [0.15, 0.2) is 0 Å². The summed E-state index contributed by atoms with van der Waals surface area (Å²) in [6.45, 7) is 2.04. The minimum Gasteiger partial charge on any atom is -0.198 e. The second-order valence-corrected chi connectivity index (χ2v) is 1.31. The van der Waals surface area contributed by atoms with Gasteiger partial charge in [0.05, 0.1) is 11.9 Å². The molecule has 0 aliphatic heterocycles. The predicted molar refractivity (Wildman–Crippen MR) is 27.9 cm³/mol. The molecule has 3 heteroatoms. The largest absolute Gasteiger partial charge is 0.198 e. The quantitative estimate of drug-likeness (QED) is 0.560. The van der Waals surface area contributed by atoms with Crippen molar-refractivity contribution in [3.63, 3.8) is 0 Å². The van der Waals surface area contributed by atoms with E-state index in [4.69, 9.17) is 0 Å². The van der Waals surface area contributed by atoms with Gasteiger partial charge in [0.2, 0.25) is 0 Å². The third kappa shape index (κ3) is 0.765. The van der Waals surface area contributed by atoms with Crippen molar-refractivity contribution in [2.45, 2.75) is 13.3 Å². The first-order valence-corrected chi connectivity index (χ1v) is 2.28. The fourth-order valence-corrected chi connectivity index (χ4v) is 0.396. The van der Waals surface area contributed by atoms with E-state index in [0.717, 1.165) is 12.1 Å². The maximum Gasteiger partial charge on any atom is 0.0821 e. The zero-order valence-corrected chi connectivity index (χ0v) is 4.18. The molecule has 0 spiro atoms. The Labute approximate surface area is 43.2 Å². The van der Waals surface area contributed by atoms with Crippen molar-refractivity contribution in [3.05, 3.63) is 11.9 Å². The van der Waals surface area contributed by atoms with Crippen LogP contribution in [0.25, 0.3) is 0 Å². The van der Waals surface area contributed by atoms with Crippen molar-refractivity contribution >= 4 is 0 Å². The number of H-pyrrole nitrogens is 1. The third-order valence-electron chi connectivity index (χ3n) is 0.827. The van der Waals surface area contributed by atoms with Crippen LogP contribution in [0.1, 0.15) is 14.0 Å². The van der Waals surface area contributed by atoms with Crippen molar-refractivity contribution in [1.29, 1.82) is 0 Å². The minimum atomic E-state index is 0. The second-order valence-electron chi connectivity index (χ2n) is 1.31. The maximum absolute atomic E-state index is 3.80. The molecule has 3 nitrogen and oxygen atoms in total. The highest BCUT2D eigenvalue weighted by Crippen LogP contribution is 1.85. The molecule has 1 aromatic heterocycles. The van der Waals surface area contributed by atoms with Gasteiger partial charge in [-0.25, -0.2) is 0 Å². The van der Waals surface area contributed by atoms with Crippen LogP contribution >= 0.6 is 0 Å². The van der Waals surface area contributed by atoms with E-state index >= 15 is 0 Å². The minimum absolute atomic E-state index is 0. The van der Waals surface area contributed by atoms with Gasteiger partial charge in [0.1, 0.15) is 0 Å². The van der Waals surface area contributed by atoms with E-state index in [9.17, 15) is 0 Å². The van der Waals surface area contributed by atoms with Crippen LogP contribution in [0.3, 0.4) is 0 Å². The van der Waals surface area contributed by atoms with E-state index in [1.165, 1.54) is 0 Å². The fourth-order valence-electron chi connectivity index (χ4n) is 0.396. The monoisotopic (exact) mass is 99.1 g/mol. The van der Waals surface area contributed by atoms with E-state index in [0.29, 0.717) is 0 Å². The van der Waals surface area contributed by atoms with Gasteiger partial charge in [-0.2, -0.15) is 15.4 Å². The van der Waals surface area contributed by atoms with Crippen LogP contribution < -0.4 is 0 Å². The maximum atomic E-state index is 3.80. The Bertz CT molecular complexity index is 126. The lowest BCUT2D eigenvalue weighted by Gasteiger charge is -1.74. The lowest BCUT2D eigenvalue weighted by Crippen LogP contribution is -1.76. The molecule has 1 aromatic rings. The number of nitrogens with one attached hydrogen (secondary N) is 1. The van der Waals surface area contributed by atoms with Crippen molar-refractivity contribution in [3.8, 4) is 0 Å². The van der Waals surface area contributed by atoms with E-state index in [1.54, 1.807) is 6.20 Å². The van der Waals surface area contributed by atoms with E-state index in [2.05, 4.69) is 15.4 Å². The summed E-state index contributed by atoms with van der Waals surface area (Å²) in [6, 6.07) is 0. The van der Waals surface area contributed by atoms with Crippen LogP contribution in [0, 0.1) is 0 Å². The molecule has 0 fully saturated rings. The van der Waals surface area contributed by atoms with Gasteiger partial charge in [-0.05, 0) is 6.42 Å². The predicted octanol–water partition coefficient (Wildman–Crippen LogP) is 0.613. The highest BCUT2D eigenvalue weighted by atomic mass is 15.3. The van der Waals surface area contributed by atoms with Crippen molar-refractivity contribution in [2.24, 2.45) is 0 Å². The lowest BCUT2D eigenvalue weighted by atomic mass is 10.4. The van der Waals surface area contributed by atoms with Gasteiger partial charge in [-0.1, -0.05) is 6.92 Å². The first-order chi connectivity index (χ1) is 3.43. The summed E-state index contributed by atoms with van der Waals surface area (Å²) in [5, 5.41) is 9.94. The molecular weight excluding hydrogens is 90.1 g/mol. The van der Waals surface area contributed by atoms with E-state index in [1.807, 2.05) is 6.92 Å².